The first-order valence-electron chi connectivity index (χ1n) is 10.1. The molecular weight excluding hydrogens is 450 g/mol. The van der Waals surface area contributed by atoms with Gasteiger partial charge < -0.3 is 9.32 Å². The topological polar surface area (TPSA) is 85.0 Å². The Balaban J connectivity index is 1.11. The fraction of sp³-hybridized carbons (Fsp3) is 0.381. The highest BCUT2D eigenvalue weighted by atomic mass is 32.2. The number of carbonyl (C=O) groups is 1. The Morgan fingerprint density at radius 1 is 1.23 bits per heavy atom. The molecule has 0 spiro atoms. The van der Waals surface area contributed by atoms with E-state index < -0.39 is 0 Å². The first kappa shape index (κ1) is 20.6. The van der Waals surface area contributed by atoms with Gasteiger partial charge in [0.2, 0.25) is 11.8 Å². The lowest BCUT2D eigenvalue weighted by Crippen LogP contribution is -2.38. The lowest BCUT2D eigenvalue weighted by atomic mass is 9.97. The van der Waals surface area contributed by atoms with Crippen LogP contribution < -0.4 is 0 Å². The number of hydrogen-bond acceptors (Lipinski definition) is 9. The van der Waals surface area contributed by atoms with Crippen LogP contribution in [0.15, 0.2) is 39.3 Å². The zero-order valence-electron chi connectivity index (χ0n) is 17.0. The zero-order chi connectivity index (χ0) is 21.2. The van der Waals surface area contributed by atoms with E-state index in [9.17, 15) is 4.79 Å². The number of nitrogens with zero attached hydrogens (tertiary/aromatic N) is 5. The fourth-order valence-corrected chi connectivity index (χ4v) is 6.10. The van der Waals surface area contributed by atoms with Crippen molar-refractivity contribution in [2.24, 2.45) is 0 Å². The van der Waals surface area contributed by atoms with Gasteiger partial charge in [-0.05, 0) is 31.9 Å². The van der Waals surface area contributed by atoms with Crippen molar-refractivity contribution in [2.75, 3.05) is 18.8 Å². The summed E-state index contributed by atoms with van der Waals surface area (Å²) in [4.78, 5) is 23.8. The lowest BCUT2D eigenvalue weighted by molar-refractivity contribution is -0.129. The van der Waals surface area contributed by atoms with Crippen LogP contribution in [0.4, 0.5) is 0 Å². The molecule has 0 saturated carbocycles. The van der Waals surface area contributed by atoms with Gasteiger partial charge in [0.1, 0.15) is 0 Å². The van der Waals surface area contributed by atoms with Crippen molar-refractivity contribution in [1.82, 2.24) is 25.1 Å². The molecule has 1 fully saturated rings. The van der Waals surface area contributed by atoms with E-state index in [-0.39, 0.29) is 5.91 Å². The van der Waals surface area contributed by atoms with Gasteiger partial charge in [-0.25, -0.2) is 9.97 Å². The summed E-state index contributed by atoms with van der Waals surface area (Å²) in [6, 6.07) is 8.26. The van der Waals surface area contributed by atoms with Crippen LogP contribution in [0.5, 0.6) is 0 Å². The molecule has 1 aliphatic heterocycles. The van der Waals surface area contributed by atoms with Crippen molar-refractivity contribution in [2.45, 2.75) is 37.3 Å². The third kappa shape index (κ3) is 4.81. The summed E-state index contributed by atoms with van der Waals surface area (Å²) in [6.07, 6.45) is 2.42. The molecule has 1 saturated heterocycles. The van der Waals surface area contributed by atoms with E-state index in [0.29, 0.717) is 29.2 Å². The van der Waals surface area contributed by atoms with Crippen molar-refractivity contribution in [3.63, 3.8) is 0 Å². The number of amides is 1. The third-order valence-electron chi connectivity index (χ3n) is 5.27. The zero-order valence-corrected chi connectivity index (χ0v) is 19.4. The minimum Gasteiger partial charge on any atom is -0.416 e. The number of thioether (sulfide) groups is 1. The van der Waals surface area contributed by atoms with Gasteiger partial charge in [0.25, 0.3) is 5.22 Å². The Labute approximate surface area is 191 Å². The second-order valence-corrected chi connectivity index (χ2v) is 10.5. The first-order chi connectivity index (χ1) is 15.1. The van der Waals surface area contributed by atoms with Gasteiger partial charge in [0.05, 0.1) is 38.1 Å². The SMILES string of the molecule is Cc1nc(Cc2nnc(SCC(=O)N3CCC(c4nc5ccccc5s4)CC3)o2)cs1. The monoisotopic (exact) mass is 471 g/mol. The predicted octanol–water partition coefficient (Wildman–Crippen LogP) is 4.53. The Kier molecular flexibility index (Phi) is 6.02. The number of benzene rings is 1. The van der Waals surface area contributed by atoms with Gasteiger partial charge in [-0.3, -0.25) is 4.79 Å². The highest BCUT2D eigenvalue weighted by molar-refractivity contribution is 7.99. The standard InChI is InChI=1S/C21H21N5O2S3/c1-13-22-15(11-29-13)10-18-24-25-21(28-18)30-12-19(27)26-8-6-14(7-9-26)20-23-16-4-2-3-5-17(16)31-20/h2-5,11,14H,6-10,12H2,1H3. The van der Waals surface area contributed by atoms with Crippen molar-refractivity contribution < 1.29 is 9.21 Å². The van der Waals surface area contributed by atoms with Crippen molar-refractivity contribution in [3.8, 4) is 0 Å². The van der Waals surface area contributed by atoms with Gasteiger partial charge in [-0.1, -0.05) is 23.9 Å². The van der Waals surface area contributed by atoms with E-state index in [1.54, 1.807) is 22.7 Å². The summed E-state index contributed by atoms with van der Waals surface area (Å²) in [5.41, 5.74) is 2.00. The normalized spacial score (nSPS) is 15.1. The number of carbonyl (C=O) groups excluding carboxylic acids is 1. The smallest absolute Gasteiger partial charge is 0.277 e. The molecule has 160 valence electrons. The maximum absolute atomic E-state index is 12.6. The van der Waals surface area contributed by atoms with E-state index >= 15 is 0 Å². The second kappa shape index (κ2) is 9.05. The molecule has 0 aliphatic carbocycles. The summed E-state index contributed by atoms with van der Waals surface area (Å²) < 4.78 is 6.90. The molecule has 7 nitrogen and oxygen atoms in total. The minimum absolute atomic E-state index is 0.114. The van der Waals surface area contributed by atoms with E-state index in [4.69, 9.17) is 9.40 Å². The molecule has 5 rings (SSSR count). The number of aryl methyl sites for hydroxylation is 1. The highest BCUT2D eigenvalue weighted by Crippen LogP contribution is 2.34. The largest absolute Gasteiger partial charge is 0.416 e. The Morgan fingerprint density at radius 2 is 2.06 bits per heavy atom. The van der Waals surface area contributed by atoms with Crippen LogP contribution in [0, 0.1) is 6.92 Å². The number of thiazole rings is 2. The average Bonchev–Trinajstić information content (AvgIpc) is 3.52. The molecule has 4 aromatic rings. The highest BCUT2D eigenvalue weighted by Gasteiger charge is 2.26. The number of piperidine rings is 1. The fourth-order valence-electron chi connectivity index (χ4n) is 3.67. The molecule has 0 unspecified atom stereocenters. The molecule has 1 aromatic carbocycles. The molecule has 0 radical (unpaired) electrons. The van der Waals surface area contributed by atoms with E-state index in [0.717, 1.165) is 42.1 Å². The van der Waals surface area contributed by atoms with Gasteiger partial charge in [0, 0.05) is 24.4 Å². The van der Waals surface area contributed by atoms with E-state index in [2.05, 4.69) is 33.4 Å². The molecule has 4 heterocycles. The number of para-hydroxylation sites is 1. The maximum atomic E-state index is 12.6. The predicted molar refractivity (Wildman–Crippen MR) is 123 cm³/mol. The minimum atomic E-state index is 0.114. The molecule has 10 heteroatoms. The molecule has 1 amide bonds. The molecular formula is C21H21N5O2S3. The molecule has 0 atom stereocenters. The Morgan fingerprint density at radius 3 is 2.84 bits per heavy atom. The van der Waals surface area contributed by atoms with Crippen molar-refractivity contribution >= 4 is 50.6 Å². The third-order valence-corrected chi connectivity index (χ3v) is 8.10. The Bertz CT molecular complexity index is 1160. The lowest BCUT2D eigenvalue weighted by Gasteiger charge is -2.31. The quantitative estimate of drug-likeness (QED) is 0.382. The number of fused-ring (bicyclic) bond motifs is 1. The summed E-state index contributed by atoms with van der Waals surface area (Å²) in [5.74, 6) is 1.38. The van der Waals surface area contributed by atoms with E-state index in [1.165, 1.54) is 21.5 Å². The number of hydrogen-bond donors (Lipinski definition) is 0. The van der Waals surface area contributed by atoms with Crippen LogP contribution in [-0.2, 0) is 11.2 Å². The number of aromatic nitrogens is 4. The summed E-state index contributed by atoms with van der Waals surface area (Å²) >= 11 is 4.67. The van der Waals surface area contributed by atoms with Crippen LogP contribution in [0.25, 0.3) is 10.2 Å². The number of rotatable bonds is 6. The van der Waals surface area contributed by atoms with E-state index in [1.807, 2.05) is 23.3 Å². The molecule has 3 aromatic heterocycles. The van der Waals surface area contributed by atoms with Crippen molar-refractivity contribution in [3.05, 3.63) is 51.2 Å². The molecule has 31 heavy (non-hydrogen) atoms. The van der Waals surface area contributed by atoms with Gasteiger partial charge in [0.15, 0.2) is 0 Å². The van der Waals surface area contributed by atoms with Crippen LogP contribution in [-0.4, -0.2) is 49.8 Å². The average molecular weight is 472 g/mol. The van der Waals surface area contributed by atoms with Gasteiger partial charge in [-0.2, -0.15) is 0 Å². The summed E-state index contributed by atoms with van der Waals surface area (Å²) in [6.45, 7) is 3.49. The van der Waals surface area contributed by atoms with Crippen molar-refractivity contribution in [1.29, 1.82) is 0 Å². The van der Waals surface area contributed by atoms with Gasteiger partial charge in [-0.15, -0.1) is 32.9 Å². The van der Waals surface area contributed by atoms with Crippen LogP contribution >= 0.6 is 34.4 Å². The molecule has 0 N–H and O–H groups in total. The maximum Gasteiger partial charge on any atom is 0.277 e. The van der Waals surface area contributed by atoms with Crippen LogP contribution in [0.1, 0.15) is 40.4 Å². The van der Waals surface area contributed by atoms with Crippen LogP contribution in [0.2, 0.25) is 0 Å². The molecule has 1 aliphatic rings. The molecule has 0 bridgehead atoms. The second-order valence-electron chi connectivity index (χ2n) is 7.46. The summed E-state index contributed by atoms with van der Waals surface area (Å²) in [7, 11) is 0. The van der Waals surface area contributed by atoms with Gasteiger partial charge >= 0.3 is 0 Å². The summed E-state index contributed by atoms with van der Waals surface area (Å²) in [5, 5.41) is 12.8. The number of likely N-dealkylation sites (tertiary alicyclic amines) is 1. The van der Waals surface area contributed by atoms with Crippen LogP contribution in [0.3, 0.4) is 0 Å². The first-order valence-corrected chi connectivity index (χ1v) is 12.8. The Hall–Kier alpha value is -2.30.